The number of nitrogens with two attached hydrogens (primary N) is 1. The van der Waals surface area contributed by atoms with E-state index in [0.717, 1.165) is 31.9 Å². The van der Waals surface area contributed by atoms with Crippen molar-refractivity contribution >= 4 is 0 Å². The molecule has 1 aromatic carbocycles. The molecule has 1 atom stereocenters. The van der Waals surface area contributed by atoms with Crippen LogP contribution in [0.5, 0.6) is 0 Å². The van der Waals surface area contributed by atoms with Crippen LogP contribution in [0.15, 0.2) is 36.5 Å². The van der Waals surface area contributed by atoms with Crippen molar-refractivity contribution in [3.05, 3.63) is 47.8 Å². The second-order valence-electron chi connectivity index (χ2n) is 5.48. The average molecular weight is 286 g/mol. The predicted octanol–water partition coefficient (Wildman–Crippen LogP) is 1.34. The smallest absolute Gasteiger partial charge is 0.0824 e. The molecule has 2 heterocycles. The van der Waals surface area contributed by atoms with Crippen LogP contribution in [0, 0.1) is 6.92 Å². The van der Waals surface area contributed by atoms with Crippen molar-refractivity contribution < 1.29 is 4.74 Å². The lowest BCUT2D eigenvalue weighted by Crippen LogP contribution is -2.45. The van der Waals surface area contributed by atoms with Crippen LogP contribution in [-0.4, -0.2) is 47.0 Å². The molecule has 1 unspecified atom stereocenters. The van der Waals surface area contributed by atoms with Gasteiger partial charge in [-0.3, -0.25) is 4.90 Å². The minimum Gasteiger partial charge on any atom is -0.374 e. The van der Waals surface area contributed by atoms with Gasteiger partial charge in [-0.05, 0) is 24.6 Å². The first-order chi connectivity index (χ1) is 10.3. The highest BCUT2D eigenvalue weighted by Crippen LogP contribution is 2.17. The topological polar surface area (TPSA) is 56.3 Å². The normalized spacial score (nSPS) is 19.8. The average Bonchev–Trinajstić information content (AvgIpc) is 2.96. The van der Waals surface area contributed by atoms with Gasteiger partial charge in [0.1, 0.15) is 0 Å². The number of hydrogen-bond donors (Lipinski definition) is 1. The Morgan fingerprint density at radius 3 is 3.00 bits per heavy atom. The van der Waals surface area contributed by atoms with Gasteiger partial charge in [0.15, 0.2) is 0 Å². The third kappa shape index (κ3) is 3.15. The number of aryl methyl sites for hydroxylation is 1. The number of benzene rings is 1. The molecule has 0 bridgehead atoms. The molecule has 1 saturated heterocycles. The zero-order chi connectivity index (χ0) is 14.7. The highest BCUT2D eigenvalue weighted by atomic mass is 16.5. The van der Waals surface area contributed by atoms with Crippen LogP contribution in [0.2, 0.25) is 0 Å². The Morgan fingerprint density at radius 1 is 1.33 bits per heavy atom. The first-order valence-corrected chi connectivity index (χ1v) is 7.41. The van der Waals surface area contributed by atoms with Crippen molar-refractivity contribution in [3.63, 3.8) is 0 Å². The van der Waals surface area contributed by atoms with E-state index < -0.39 is 0 Å². The van der Waals surface area contributed by atoms with Gasteiger partial charge in [0.2, 0.25) is 0 Å². The standard InChI is InChI=1S/C16H22N4O/c1-13-4-2-3-5-16(13)20-14(6-7-18-20)11-19-8-9-21-15(10-17)12-19/h2-7,15H,8-12,17H2,1H3. The molecule has 5 heteroatoms. The first-order valence-electron chi connectivity index (χ1n) is 7.41. The highest BCUT2D eigenvalue weighted by Gasteiger charge is 2.20. The minimum atomic E-state index is 0.147. The van der Waals surface area contributed by atoms with Crippen LogP contribution in [0.25, 0.3) is 5.69 Å². The Kier molecular flexibility index (Phi) is 4.34. The quantitative estimate of drug-likeness (QED) is 0.921. The summed E-state index contributed by atoms with van der Waals surface area (Å²) in [5, 5.41) is 4.49. The van der Waals surface area contributed by atoms with Crippen molar-refractivity contribution in [2.75, 3.05) is 26.2 Å². The van der Waals surface area contributed by atoms with Gasteiger partial charge >= 0.3 is 0 Å². The number of hydrogen-bond acceptors (Lipinski definition) is 4. The fourth-order valence-corrected chi connectivity index (χ4v) is 2.76. The van der Waals surface area contributed by atoms with Gasteiger partial charge in [-0.1, -0.05) is 18.2 Å². The van der Waals surface area contributed by atoms with E-state index in [1.807, 2.05) is 16.9 Å². The Labute approximate surface area is 125 Å². The van der Waals surface area contributed by atoms with Crippen LogP contribution in [0.1, 0.15) is 11.3 Å². The van der Waals surface area contributed by atoms with Gasteiger partial charge in [-0.25, -0.2) is 4.68 Å². The van der Waals surface area contributed by atoms with Gasteiger partial charge < -0.3 is 10.5 Å². The van der Waals surface area contributed by atoms with Crippen LogP contribution in [0.4, 0.5) is 0 Å². The third-order valence-electron chi connectivity index (χ3n) is 3.94. The summed E-state index contributed by atoms with van der Waals surface area (Å²) in [5.41, 5.74) is 9.27. The van der Waals surface area contributed by atoms with Gasteiger partial charge in [0.25, 0.3) is 0 Å². The van der Waals surface area contributed by atoms with Gasteiger partial charge in [0.05, 0.1) is 24.1 Å². The summed E-state index contributed by atoms with van der Waals surface area (Å²) in [6, 6.07) is 10.4. The maximum absolute atomic E-state index is 5.71. The molecule has 5 nitrogen and oxygen atoms in total. The van der Waals surface area contributed by atoms with Crippen molar-refractivity contribution in [2.45, 2.75) is 19.6 Å². The number of rotatable bonds is 4. The first kappa shape index (κ1) is 14.3. The van der Waals surface area contributed by atoms with E-state index in [9.17, 15) is 0 Å². The summed E-state index contributed by atoms with van der Waals surface area (Å²) >= 11 is 0. The van der Waals surface area contributed by atoms with E-state index in [0.29, 0.717) is 6.54 Å². The Bertz CT molecular complexity index is 595. The molecule has 1 aromatic heterocycles. The van der Waals surface area contributed by atoms with Crippen molar-refractivity contribution in [3.8, 4) is 5.69 Å². The molecule has 21 heavy (non-hydrogen) atoms. The molecule has 0 amide bonds. The number of morpholine rings is 1. The van der Waals surface area contributed by atoms with Crippen LogP contribution in [0.3, 0.4) is 0 Å². The van der Waals surface area contributed by atoms with E-state index >= 15 is 0 Å². The maximum atomic E-state index is 5.71. The molecule has 1 aliphatic rings. The second kappa shape index (κ2) is 6.39. The third-order valence-corrected chi connectivity index (χ3v) is 3.94. The molecule has 2 N–H and O–H groups in total. The Hall–Kier alpha value is -1.69. The van der Waals surface area contributed by atoms with Crippen LogP contribution >= 0.6 is 0 Å². The van der Waals surface area contributed by atoms with E-state index in [1.165, 1.54) is 11.3 Å². The number of aromatic nitrogens is 2. The Morgan fingerprint density at radius 2 is 2.19 bits per heavy atom. The number of ether oxygens (including phenoxy) is 1. The lowest BCUT2D eigenvalue weighted by Gasteiger charge is -2.32. The summed E-state index contributed by atoms with van der Waals surface area (Å²) in [4.78, 5) is 2.38. The monoisotopic (exact) mass is 286 g/mol. The van der Waals surface area contributed by atoms with Crippen molar-refractivity contribution in [1.82, 2.24) is 14.7 Å². The fraction of sp³-hybridized carbons (Fsp3) is 0.438. The molecule has 2 aromatic rings. The predicted molar refractivity (Wildman–Crippen MR) is 82.4 cm³/mol. The van der Waals surface area contributed by atoms with E-state index in [4.69, 9.17) is 10.5 Å². The molecule has 3 rings (SSSR count). The molecule has 0 saturated carbocycles. The van der Waals surface area contributed by atoms with Crippen molar-refractivity contribution in [2.24, 2.45) is 5.73 Å². The summed E-state index contributed by atoms with van der Waals surface area (Å²) in [6.45, 7) is 6.13. The molecule has 112 valence electrons. The van der Waals surface area contributed by atoms with E-state index in [2.05, 4.69) is 41.2 Å². The summed E-state index contributed by atoms with van der Waals surface area (Å²) < 4.78 is 7.65. The lowest BCUT2D eigenvalue weighted by molar-refractivity contribution is -0.0266. The molecule has 0 spiro atoms. The maximum Gasteiger partial charge on any atom is 0.0824 e. The van der Waals surface area contributed by atoms with Gasteiger partial charge in [-0.2, -0.15) is 5.10 Å². The van der Waals surface area contributed by atoms with Crippen LogP contribution < -0.4 is 5.73 Å². The number of nitrogens with zero attached hydrogens (tertiary/aromatic N) is 3. The lowest BCUT2D eigenvalue weighted by atomic mass is 10.2. The van der Waals surface area contributed by atoms with Crippen LogP contribution in [-0.2, 0) is 11.3 Å². The molecule has 0 radical (unpaired) electrons. The highest BCUT2D eigenvalue weighted by molar-refractivity contribution is 5.40. The molecule has 1 fully saturated rings. The summed E-state index contributed by atoms with van der Waals surface area (Å²) in [6.07, 6.45) is 2.01. The molecular formula is C16H22N4O. The zero-order valence-electron chi connectivity index (χ0n) is 12.4. The SMILES string of the molecule is Cc1ccccc1-n1nccc1CN1CCOC(CN)C1. The zero-order valence-corrected chi connectivity index (χ0v) is 12.4. The summed E-state index contributed by atoms with van der Waals surface area (Å²) in [5.74, 6) is 0. The minimum absolute atomic E-state index is 0.147. The van der Waals surface area contributed by atoms with Gasteiger partial charge in [-0.15, -0.1) is 0 Å². The number of para-hydroxylation sites is 1. The van der Waals surface area contributed by atoms with Gasteiger partial charge in [0, 0.05) is 32.4 Å². The van der Waals surface area contributed by atoms with E-state index in [1.54, 1.807) is 0 Å². The molecule has 0 aliphatic carbocycles. The van der Waals surface area contributed by atoms with Crippen molar-refractivity contribution in [1.29, 1.82) is 0 Å². The molecule has 1 aliphatic heterocycles. The largest absolute Gasteiger partial charge is 0.374 e. The van der Waals surface area contributed by atoms with E-state index in [-0.39, 0.29) is 6.10 Å². The Balaban J connectivity index is 1.78. The fourth-order valence-electron chi connectivity index (χ4n) is 2.76. The summed E-state index contributed by atoms with van der Waals surface area (Å²) in [7, 11) is 0. The second-order valence-corrected chi connectivity index (χ2v) is 5.48. The molecular weight excluding hydrogens is 264 g/mol.